The van der Waals surface area contributed by atoms with Gasteiger partial charge in [0.15, 0.2) is 6.10 Å². The van der Waals surface area contributed by atoms with Crippen LogP contribution in [0.1, 0.15) is 35.8 Å². The zero-order chi connectivity index (χ0) is 20.3. The predicted octanol–water partition coefficient (Wildman–Crippen LogP) is 3.09. The number of carbonyl (C=O) groups is 2. The van der Waals surface area contributed by atoms with E-state index in [1.54, 1.807) is 43.3 Å². The number of aromatic amines is 1. The molecule has 0 aliphatic carbocycles. The summed E-state index contributed by atoms with van der Waals surface area (Å²) in [6.45, 7) is 3.18. The van der Waals surface area contributed by atoms with Gasteiger partial charge in [-0.1, -0.05) is 30.3 Å². The van der Waals surface area contributed by atoms with Crippen molar-refractivity contribution in [2.45, 2.75) is 26.0 Å². The monoisotopic (exact) mass is 382 g/mol. The molecule has 0 radical (unpaired) electrons. The smallest absolute Gasteiger partial charge is 0.339 e. The SMILES string of the molecule is C[C@@H](OC(=O)c1cc(=O)[nH]c2ccccc12)C(=O)N[C@H](C)c1ccc(F)cc1. The molecule has 2 N–H and O–H groups in total. The molecule has 3 rings (SSSR count). The van der Waals surface area contributed by atoms with Gasteiger partial charge < -0.3 is 15.0 Å². The van der Waals surface area contributed by atoms with E-state index in [1.165, 1.54) is 19.1 Å². The summed E-state index contributed by atoms with van der Waals surface area (Å²) in [7, 11) is 0. The summed E-state index contributed by atoms with van der Waals surface area (Å²) in [5.74, 6) is -1.63. The van der Waals surface area contributed by atoms with Crippen LogP contribution in [0.2, 0.25) is 0 Å². The number of esters is 1. The molecule has 0 saturated carbocycles. The number of H-pyrrole nitrogens is 1. The summed E-state index contributed by atoms with van der Waals surface area (Å²) in [6, 6.07) is 13.3. The Morgan fingerprint density at radius 2 is 1.75 bits per heavy atom. The predicted molar refractivity (Wildman–Crippen MR) is 102 cm³/mol. The van der Waals surface area contributed by atoms with E-state index in [9.17, 15) is 18.8 Å². The van der Waals surface area contributed by atoms with Gasteiger partial charge in [-0.3, -0.25) is 9.59 Å². The van der Waals surface area contributed by atoms with E-state index in [-0.39, 0.29) is 11.4 Å². The van der Waals surface area contributed by atoms with Crippen molar-refractivity contribution in [3.8, 4) is 0 Å². The van der Waals surface area contributed by atoms with E-state index in [1.807, 2.05) is 0 Å². The molecule has 0 fully saturated rings. The van der Waals surface area contributed by atoms with Crippen LogP contribution in [-0.2, 0) is 9.53 Å². The largest absolute Gasteiger partial charge is 0.449 e. The molecule has 0 aliphatic heterocycles. The topological polar surface area (TPSA) is 88.3 Å². The van der Waals surface area contributed by atoms with Gasteiger partial charge in [-0.25, -0.2) is 9.18 Å². The second-order valence-electron chi connectivity index (χ2n) is 6.42. The molecule has 2 aromatic carbocycles. The van der Waals surface area contributed by atoms with Gasteiger partial charge in [0.05, 0.1) is 11.6 Å². The van der Waals surface area contributed by atoms with Gasteiger partial charge in [0.1, 0.15) is 5.82 Å². The minimum atomic E-state index is -1.08. The molecule has 6 nitrogen and oxygen atoms in total. The summed E-state index contributed by atoms with van der Waals surface area (Å²) in [4.78, 5) is 39.3. The number of pyridine rings is 1. The molecule has 2 atom stereocenters. The Kier molecular flexibility index (Phi) is 5.54. The van der Waals surface area contributed by atoms with Crippen LogP contribution in [0, 0.1) is 5.82 Å². The number of carbonyl (C=O) groups excluding carboxylic acids is 2. The lowest BCUT2D eigenvalue weighted by molar-refractivity contribution is -0.129. The van der Waals surface area contributed by atoms with Crippen molar-refractivity contribution in [3.05, 3.63) is 81.9 Å². The van der Waals surface area contributed by atoms with Crippen molar-refractivity contribution < 1.29 is 18.7 Å². The van der Waals surface area contributed by atoms with E-state index >= 15 is 0 Å². The first-order valence-corrected chi connectivity index (χ1v) is 8.74. The van der Waals surface area contributed by atoms with Crippen LogP contribution < -0.4 is 10.9 Å². The summed E-state index contributed by atoms with van der Waals surface area (Å²) in [6.07, 6.45) is -1.08. The highest BCUT2D eigenvalue weighted by Crippen LogP contribution is 2.17. The number of halogens is 1. The maximum atomic E-state index is 13.0. The van der Waals surface area contributed by atoms with Crippen molar-refractivity contribution in [1.82, 2.24) is 10.3 Å². The Hall–Kier alpha value is -3.48. The van der Waals surface area contributed by atoms with E-state index in [4.69, 9.17) is 4.74 Å². The molecule has 0 aliphatic rings. The van der Waals surface area contributed by atoms with E-state index in [0.717, 1.165) is 6.07 Å². The van der Waals surface area contributed by atoms with Crippen molar-refractivity contribution >= 4 is 22.8 Å². The molecule has 0 spiro atoms. The van der Waals surface area contributed by atoms with E-state index in [0.29, 0.717) is 16.5 Å². The first-order valence-electron chi connectivity index (χ1n) is 8.74. The summed E-state index contributed by atoms with van der Waals surface area (Å²) >= 11 is 0. The third-order valence-electron chi connectivity index (χ3n) is 4.35. The minimum absolute atomic E-state index is 0.0885. The first kappa shape index (κ1) is 19.3. The molecule has 1 heterocycles. The number of aromatic nitrogens is 1. The maximum Gasteiger partial charge on any atom is 0.339 e. The molecular weight excluding hydrogens is 363 g/mol. The molecule has 1 amide bonds. The highest BCUT2D eigenvalue weighted by Gasteiger charge is 2.22. The van der Waals surface area contributed by atoms with Crippen LogP contribution >= 0.6 is 0 Å². The normalized spacial score (nSPS) is 13.0. The standard InChI is InChI=1S/C21H19FN2O4/c1-12(14-7-9-15(22)10-8-14)23-20(26)13(2)28-21(27)17-11-19(25)24-18-6-4-3-5-16(17)18/h3-13H,1-2H3,(H,23,26)(H,24,25)/t12-,13-/m1/s1. The number of hydrogen-bond acceptors (Lipinski definition) is 4. The molecular formula is C21H19FN2O4. The third kappa shape index (κ3) is 4.25. The van der Waals surface area contributed by atoms with Crippen molar-refractivity contribution in [1.29, 1.82) is 0 Å². The number of nitrogens with one attached hydrogen (secondary N) is 2. The summed E-state index contributed by atoms with van der Waals surface area (Å²) in [5.41, 5.74) is 0.871. The first-order chi connectivity index (χ1) is 13.3. The lowest BCUT2D eigenvalue weighted by Gasteiger charge is -2.18. The summed E-state index contributed by atoms with van der Waals surface area (Å²) in [5, 5.41) is 3.24. The van der Waals surface area contributed by atoms with Crippen LogP contribution in [-0.4, -0.2) is 23.0 Å². The number of para-hydroxylation sites is 1. The van der Waals surface area contributed by atoms with Gasteiger partial charge in [-0.15, -0.1) is 0 Å². The number of ether oxygens (including phenoxy) is 1. The molecule has 0 bridgehead atoms. The second-order valence-corrected chi connectivity index (χ2v) is 6.42. The number of rotatable bonds is 5. The fourth-order valence-corrected chi connectivity index (χ4v) is 2.82. The quantitative estimate of drug-likeness (QED) is 0.664. The molecule has 7 heteroatoms. The molecule has 0 saturated heterocycles. The Labute approximate surface area is 160 Å². The zero-order valence-corrected chi connectivity index (χ0v) is 15.4. The lowest BCUT2D eigenvalue weighted by Crippen LogP contribution is -2.37. The molecule has 28 heavy (non-hydrogen) atoms. The molecule has 0 unspecified atom stereocenters. The van der Waals surface area contributed by atoms with Crippen molar-refractivity contribution in [2.24, 2.45) is 0 Å². The van der Waals surface area contributed by atoms with Crippen LogP contribution in [0.3, 0.4) is 0 Å². The number of fused-ring (bicyclic) bond motifs is 1. The Bertz CT molecular complexity index is 1080. The average Bonchev–Trinajstić information content (AvgIpc) is 2.67. The number of amides is 1. The van der Waals surface area contributed by atoms with E-state index in [2.05, 4.69) is 10.3 Å². The van der Waals surface area contributed by atoms with Crippen LogP contribution in [0.4, 0.5) is 4.39 Å². The van der Waals surface area contributed by atoms with Crippen LogP contribution in [0.15, 0.2) is 59.4 Å². The highest BCUT2D eigenvalue weighted by molar-refractivity contribution is 6.03. The third-order valence-corrected chi connectivity index (χ3v) is 4.35. The van der Waals surface area contributed by atoms with Gasteiger partial charge in [-0.05, 0) is 37.6 Å². The van der Waals surface area contributed by atoms with Crippen LogP contribution in [0.25, 0.3) is 10.9 Å². The lowest BCUT2D eigenvalue weighted by atomic mass is 10.1. The number of hydrogen-bond donors (Lipinski definition) is 2. The molecule has 3 aromatic rings. The number of benzene rings is 2. The van der Waals surface area contributed by atoms with Crippen molar-refractivity contribution in [3.63, 3.8) is 0 Å². The zero-order valence-electron chi connectivity index (χ0n) is 15.4. The Balaban J connectivity index is 1.71. The fourth-order valence-electron chi connectivity index (χ4n) is 2.82. The summed E-state index contributed by atoms with van der Waals surface area (Å²) < 4.78 is 18.3. The van der Waals surface area contributed by atoms with E-state index < -0.39 is 29.6 Å². The highest BCUT2D eigenvalue weighted by atomic mass is 19.1. The van der Waals surface area contributed by atoms with Crippen LogP contribution in [0.5, 0.6) is 0 Å². The van der Waals surface area contributed by atoms with Gasteiger partial charge in [0.25, 0.3) is 5.91 Å². The van der Waals surface area contributed by atoms with Gasteiger partial charge in [0.2, 0.25) is 5.56 Å². The second kappa shape index (κ2) is 8.04. The average molecular weight is 382 g/mol. The maximum absolute atomic E-state index is 13.0. The molecule has 144 valence electrons. The molecule has 1 aromatic heterocycles. The Morgan fingerprint density at radius 1 is 1.07 bits per heavy atom. The van der Waals surface area contributed by atoms with Gasteiger partial charge in [-0.2, -0.15) is 0 Å². The van der Waals surface area contributed by atoms with Gasteiger partial charge >= 0.3 is 5.97 Å². The minimum Gasteiger partial charge on any atom is -0.449 e. The Morgan fingerprint density at radius 3 is 2.46 bits per heavy atom. The van der Waals surface area contributed by atoms with Gasteiger partial charge in [0, 0.05) is 17.0 Å². The van der Waals surface area contributed by atoms with Crippen molar-refractivity contribution in [2.75, 3.05) is 0 Å². The fraction of sp³-hybridized carbons (Fsp3) is 0.190.